The minimum Gasteiger partial charge on any atom is -0.489 e. The van der Waals surface area contributed by atoms with Crippen molar-refractivity contribution >= 4 is 21.9 Å². The smallest absolute Gasteiger partial charge is 0.309 e. The lowest BCUT2D eigenvalue weighted by molar-refractivity contribution is -0.139. The van der Waals surface area contributed by atoms with Gasteiger partial charge < -0.3 is 14.6 Å². The Kier molecular flexibility index (Phi) is 5.43. The maximum atomic E-state index is 11.5. The molecular formula is C15H19BrO4. The number of methoxy groups -OCH3 is 1. The lowest BCUT2D eigenvalue weighted by atomic mass is 9.94. The van der Waals surface area contributed by atoms with Crippen molar-refractivity contribution in [1.29, 1.82) is 0 Å². The van der Waals surface area contributed by atoms with Crippen molar-refractivity contribution in [2.75, 3.05) is 13.7 Å². The summed E-state index contributed by atoms with van der Waals surface area (Å²) in [6.07, 6.45) is 3.81. The number of hydrogen-bond acceptors (Lipinski definition) is 4. The maximum absolute atomic E-state index is 11.5. The molecule has 0 fully saturated rings. The van der Waals surface area contributed by atoms with E-state index in [1.165, 1.54) is 7.11 Å². The summed E-state index contributed by atoms with van der Waals surface area (Å²) in [6.45, 7) is 0.191. The van der Waals surface area contributed by atoms with Gasteiger partial charge in [-0.15, -0.1) is 0 Å². The molecule has 1 aromatic rings. The summed E-state index contributed by atoms with van der Waals surface area (Å²) in [7, 11) is 1.40. The fourth-order valence-corrected chi connectivity index (χ4v) is 2.95. The third kappa shape index (κ3) is 3.52. The summed E-state index contributed by atoms with van der Waals surface area (Å²) >= 11 is 3.50. The van der Waals surface area contributed by atoms with Crippen LogP contribution in [0.5, 0.6) is 5.75 Å². The Morgan fingerprint density at radius 1 is 1.55 bits per heavy atom. The van der Waals surface area contributed by atoms with E-state index < -0.39 is 0 Å². The van der Waals surface area contributed by atoms with Crippen molar-refractivity contribution in [3.05, 3.63) is 27.7 Å². The highest BCUT2D eigenvalue weighted by Gasteiger charge is 2.24. The fraction of sp³-hybridized carbons (Fsp3) is 0.533. The second-order valence-electron chi connectivity index (χ2n) is 4.91. The Hall–Kier alpha value is -1.07. The van der Waals surface area contributed by atoms with Gasteiger partial charge in [0.15, 0.2) is 0 Å². The number of fused-ring (bicyclic) bond motifs is 1. The van der Waals surface area contributed by atoms with Crippen LogP contribution in [0.2, 0.25) is 0 Å². The van der Waals surface area contributed by atoms with Gasteiger partial charge in [0.2, 0.25) is 0 Å². The second kappa shape index (κ2) is 7.09. The fourth-order valence-electron chi connectivity index (χ4n) is 2.49. The summed E-state index contributed by atoms with van der Waals surface area (Å²) in [6, 6.07) is 3.85. The maximum Gasteiger partial charge on any atom is 0.309 e. The summed E-state index contributed by atoms with van der Waals surface area (Å²) in [5.41, 5.74) is 2.06. The molecule has 1 aromatic carbocycles. The summed E-state index contributed by atoms with van der Waals surface area (Å²) in [4.78, 5) is 11.5. The quantitative estimate of drug-likeness (QED) is 0.835. The minimum absolute atomic E-state index is 0.138. The van der Waals surface area contributed by atoms with Crippen LogP contribution in [0.4, 0.5) is 0 Å². The van der Waals surface area contributed by atoms with Crippen LogP contribution < -0.4 is 4.74 Å². The third-order valence-corrected chi connectivity index (χ3v) is 4.18. The van der Waals surface area contributed by atoms with Crippen LogP contribution in [0.25, 0.3) is 0 Å². The number of hydrogen-bond donors (Lipinski definition) is 1. The van der Waals surface area contributed by atoms with Crippen molar-refractivity contribution in [2.45, 2.75) is 38.2 Å². The van der Waals surface area contributed by atoms with E-state index in [1.54, 1.807) is 0 Å². The van der Waals surface area contributed by atoms with Gasteiger partial charge in [-0.2, -0.15) is 0 Å². The molecular weight excluding hydrogens is 324 g/mol. The zero-order valence-electron chi connectivity index (χ0n) is 11.5. The number of aliphatic hydroxyl groups excluding tert-OH is 1. The minimum atomic E-state index is -0.239. The van der Waals surface area contributed by atoms with Crippen molar-refractivity contribution in [3.8, 4) is 5.75 Å². The molecule has 1 aliphatic heterocycles. The Labute approximate surface area is 127 Å². The van der Waals surface area contributed by atoms with Gasteiger partial charge >= 0.3 is 5.97 Å². The average Bonchev–Trinajstić information content (AvgIpc) is 2.48. The first-order valence-corrected chi connectivity index (χ1v) is 7.59. The summed E-state index contributed by atoms with van der Waals surface area (Å²) in [5.74, 6) is 0.595. The number of aliphatic hydroxyl groups is 1. The first-order chi connectivity index (χ1) is 9.65. The van der Waals surface area contributed by atoms with Gasteiger partial charge in [-0.05, 0) is 58.8 Å². The molecule has 110 valence electrons. The van der Waals surface area contributed by atoms with Crippen molar-refractivity contribution in [3.63, 3.8) is 0 Å². The molecule has 0 spiro atoms. The van der Waals surface area contributed by atoms with E-state index in [2.05, 4.69) is 15.9 Å². The zero-order valence-corrected chi connectivity index (χ0v) is 13.1. The van der Waals surface area contributed by atoms with Crippen LogP contribution >= 0.6 is 15.9 Å². The van der Waals surface area contributed by atoms with Gasteiger partial charge in [0.25, 0.3) is 0 Å². The summed E-state index contributed by atoms with van der Waals surface area (Å²) < 4.78 is 11.7. The number of rotatable bonds is 5. The van der Waals surface area contributed by atoms with E-state index in [0.717, 1.165) is 47.0 Å². The monoisotopic (exact) mass is 342 g/mol. The topological polar surface area (TPSA) is 55.8 Å². The Bertz CT molecular complexity index is 487. The molecule has 20 heavy (non-hydrogen) atoms. The van der Waals surface area contributed by atoms with Crippen LogP contribution in [0, 0.1) is 0 Å². The number of halogens is 1. The molecule has 0 saturated heterocycles. The second-order valence-corrected chi connectivity index (χ2v) is 5.77. The molecule has 1 N–H and O–H groups in total. The highest BCUT2D eigenvalue weighted by molar-refractivity contribution is 9.10. The van der Waals surface area contributed by atoms with Crippen LogP contribution in [0.1, 0.15) is 30.4 Å². The molecule has 2 rings (SSSR count). The van der Waals surface area contributed by atoms with E-state index in [0.29, 0.717) is 0 Å². The molecule has 0 bridgehead atoms. The number of ether oxygens (including phenoxy) is 2. The number of benzene rings is 1. The molecule has 5 heteroatoms. The van der Waals surface area contributed by atoms with E-state index in [9.17, 15) is 4.79 Å². The molecule has 0 aliphatic carbocycles. The van der Waals surface area contributed by atoms with Crippen LogP contribution in [-0.4, -0.2) is 30.9 Å². The van der Waals surface area contributed by atoms with Gasteiger partial charge in [-0.3, -0.25) is 4.79 Å². The molecule has 1 unspecified atom stereocenters. The highest BCUT2D eigenvalue weighted by Crippen LogP contribution is 2.38. The normalized spacial score (nSPS) is 17.2. The van der Waals surface area contributed by atoms with Crippen LogP contribution in [-0.2, 0) is 22.4 Å². The lowest BCUT2D eigenvalue weighted by Gasteiger charge is -2.28. The van der Waals surface area contributed by atoms with Gasteiger partial charge in [-0.25, -0.2) is 0 Å². The van der Waals surface area contributed by atoms with Crippen molar-refractivity contribution in [2.24, 2.45) is 0 Å². The first kappa shape index (κ1) is 15.3. The highest BCUT2D eigenvalue weighted by atomic mass is 79.9. The van der Waals surface area contributed by atoms with Crippen molar-refractivity contribution in [1.82, 2.24) is 0 Å². The SMILES string of the molecule is COC(=O)Cc1ccc(Br)c2c1CCC(CCCO)O2. The standard InChI is InChI=1S/C15H19BrO4/c1-19-14(18)9-10-4-7-13(16)15-12(10)6-5-11(20-15)3-2-8-17/h4,7,11,17H,2-3,5-6,8-9H2,1H3. The van der Waals surface area contributed by atoms with Crippen molar-refractivity contribution < 1.29 is 19.4 Å². The number of carbonyl (C=O) groups excluding carboxylic acids is 1. The van der Waals surface area contributed by atoms with Gasteiger partial charge in [-0.1, -0.05) is 6.07 Å². The molecule has 0 radical (unpaired) electrons. The molecule has 1 aliphatic rings. The van der Waals surface area contributed by atoms with Crippen LogP contribution in [0.15, 0.2) is 16.6 Å². The van der Waals surface area contributed by atoms with Gasteiger partial charge in [0, 0.05) is 6.61 Å². The molecule has 0 amide bonds. The molecule has 0 saturated carbocycles. The number of esters is 1. The molecule has 4 nitrogen and oxygen atoms in total. The predicted molar refractivity (Wildman–Crippen MR) is 78.9 cm³/mol. The van der Waals surface area contributed by atoms with Gasteiger partial charge in [0.05, 0.1) is 24.1 Å². The third-order valence-electron chi connectivity index (χ3n) is 3.56. The van der Waals surface area contributed by atoms with Gasteiger partial charge in [0.1, 0.15) is 5.75 Å². The lowest BCUT2D eigenvalue weighted by Crippen LogP contribution is -2.24. The van der Waals surface area contributed by atoms with E-state index >= 15 is 0 Å². The number of carbonyl (C=O) groups is 1. The van der Waals surface area contributed by atoms with E-state index in [-0.39, 0.29) is 25.1 Å². The predicted octanol–water partition coefficient (Wildman–Crippen LogP) is 2.63. The molecule has 1 atom stereocenters. The van der Waals surface area contributed by atoms with E-state index in [4.69, 9.17) is 14.6 Å². The molecule has 0 aromatic heterocycles. The van der Waals surface area contributed by atoms with Crippen LogP contribution in [0.3, 0.4) is 0 Å². The Morgan fingerprint density at radius 2 is 2.35 bits per heavy atom. The Morgan fingerprint density at radius 3 is 3.05 bits per heavy atom. The average molecular weight is 343 g/mol. The zero-order chi connectivity index (χ0) is 14.5. The largest absolute Gasteiger partial charge is 0.489 e. The van der Waals surface area contributed by atoms with E-state index in [1.807, 2.05) is 12.1 Å². The summed E-state index contributed by atoms with van der Waals surface area (Å²) in [5, 5.41) is 8.90. The Balaban J connectivity index is 2.19. The molecule has 1 heterocycles. The first-order valence-electron chi connectivity index (χ1n) is 6.80.